The SMILES string of the molecule is Cc1ccc2c(c1)NC(=O)C[C@@H]1CCNC[C@@H]1CCO2. The Morgan fingerprint density at radius 3 is 3.05 bits per heavy atom. The first-order valence-corrected chi connectivity index (χ1v) is 7.46. The van der Waals surface area contributed by atoms with E-state index >= 15 is 0 Å². The minimum Gasteiger partial charge on any atom is -0.491 e. The standard InChI is InChI=1S/C16H22N2O2/c1-11-2-3-15-14(8-11)18-16(19)9-12-4-6-17-10-13(12)5-7-20-15/h2-3,8,12-13,17H,4-7,9-10H2,1H3,(H,18,19)/t12-,13-/m0/s1. The molecule has 0 saturated carbocycles. The van der Waals surface area contributed by atoms with E-state index in [1.54, 1.807) is 0 Å². The molecule has 0 aliphatic carbocycles. The van der Waals surface area contributed by atoms with Gasteiger partial charge in [0.2, 0.25) is 5.91 Å². The molecule has 2 aliphatic heterocycles. The molecular formula is C16H22N2O2. The van der Waals surface area contributed by atoms with E-state index < -0.39 is 0 Å². The van der Waals surface area contributed by atoms with Crippen LogP contribution in [-0.4, -0.2) is 25.6 Å². The highest BCUT2D eigenvalue weighted by Gasteiger charge is 2.28. The van der Waals surface area contributed by atoms with Gasteiger partial charge >= 0.3 is 0 Å². The zero-order valence-corrected chi connectivity index (χ0v) is 11.9. The molecule has 4 nitrogen and oxygen atoms in total. The van der Waals surface area contributed by atoms with Crippen LogP contribution < -0.4 is 15.4 Å². The third kappa shape index (κ3) is 2.96. The summed E-state index contributed by atoms with van der Waals surface area (Å²) in [5.74, 6) is 1.91. The predicted molar refractivity (Wildman–Crippen MR) is 79.0 cm³/mol. The lowest BCUT2D eigenvalue weighted by atomic mass is 9.82. The fourth-order valence-corrected chi connectivity index (χ4v) is 3.21. The number of ether oxygens (including phenoxy) is 1. The van der Waals surface area contributed by atoms with Crippen LogP contribution in [0.25, 0.3) is 0 Å². The molecule has 2 atom stereocenters. The van der Waals surface area contributed by atoms with Crippen LogP contribution in [0.3, 0.4) is 0 Å². The molecule has 0 radical (unpaired) electrons. The van der Waals surface area contributed by atoms with Gasteiger partial charge in [-0.1, -0.05) is 6.07 Å². The van der Waals surface area contributed by atoms with Crippen LogP contribution in [0.2, 0.25) is 0 Å². The van der Waals surface area contributed by atoms with Gasteiger partial charge in [-0.05, 0) is 62.4 Å². The van der Waals surface area contributed by atoms with E-state index in [4.69, 9.17) is 4.74 Å². The van der Waals surface area contributed by atoms with Crippen LogP contribution in [0.1, 0.15) is 24.8 Å². The monoisotopic (exact) mass is 274 g/mol. The third-order valence-electron chi connectivity index (χ3n) is 4.37. The molecule has 0 unspecified atom stereocenters. The first-order valence-electron chi connectivity index (χ1n) is 7.46. The highest BCUT2D eigenvalue weighted by Crippen LogP contribution is 2.31. The van der Waals surface area contributed by atoms with E-state index in [1.807, 2.05) is 25.1 Å². The summed E-state index contributed by atoms with van der Waals surface area (Å²) < 4.78 is 5.87. The van der Waals surface area contributed by atoms with E-state index in [0.29, 0.717) is 18.3 Å². The zero-order chi connectivity index (χ0) is 13.9. The lowest BCUT2D eigenvalue weighted by Gasteiger charge is -2.32. The van der Waals surface area contributed by atoms with Crippen molar-refractivity contribution in [3.63, 3.8) is 0 Å². The molecular weight excluding hydrogens is 252 g/mol. The molecule has 3 rings (SSSR count). The maximum absolute atomic E-state index is 12.2. The van der Waals surface area contributed by atoms with Crippen LogP contribution in [0.15, 0.2) is 18.2 Å². The smallest absolute Gasteiger partial charge is 0.224 e. The maximum atomic E-state index is 12.2. The fourth-order valence-electron chi connectivity index (χ4n) is 3.21. The number of carbonyl (C=O) groups excluding carboxylic acids is 1. The molecule has 1 saturated heterocycles. The molecule has 0 spiro atoms. The topological polar surface area (TPSA) is 50.4 Å². The highest BCUT2D eigenvalue weighted by molar-refractivity contribution is 5.92. The Bertz CT molecular complexity index is 501. The molecule has 1 aromatic rings. The summed E-state index contributed by atoms with van der Waals surface area (Å²) in [6, 6.07) is 5.94. The molecule has 4 heteroatoms. The molecule has 1 aromatic carbocycles. The summed E-state index contributed by atoms with van der Waals surface area (Å²) in [5.41, 5.74) is 1.94. The number of anilines is 1. The first-order chi connectivity index (χ1) is 9.72. The second kappa shape index (κ2) is 5.83. The zero-order valence-electron chi connectivity index (χ0n) is 11.9. The van der Waals surface area contributed by atoms with E-state index in [0.717, 1.165) is 49.5 Å². The number of carbonyl (C=O) groups is 1. The van der Waals surface area contributed by atoms with Crippen molar-refractivity contribution >= 4 is 11.6 Å². The molecule has 2 N–H and O–H groups in total. The molecule has 20 heavy (non-hydrogen) atoms. The van der Waals surface area contributed by atoms with Crippen LogP contribution >= 0.6 is 0 Å². The van der Waals surface area contributed by atoms with Crippen molar-refractivity contribution in [2.75, 3.05) is 25.0 Å². The van der Waals surface area contributed by atoms with Gasteiger partial charge in [0.05, 0.1) is 12.3 Å². The van der Waals surface area contributed by atoms with Crippen LogP contribution in [0, 0.1) is 18.8 Å². The summed E-state index contributed by atoms with van der Waals surface area (Å²) in [7, 11) is 0. The first kappa shape index (κ1) is 13.4. The summed E-state index contributed by atoms with van der Waals surface area (Å²) in [5, 5.41) is 6.44. The highest BCUT2D eigenvalue weighted by atomic mass is 16.5. The average Bonchev–Trinajstić information content (AvgIpc) is 2.43. The number of piperidine rings is 1. The van der Waals surface area contributed by atoms with Crippen molar-refractivity contribution in [2.24, 2.45) is 11.8 Å². The normalized spacial score (nSPS) is 26.8. The van der Waals surface area contributed by atoms with Crippen molar-refractivity contribution in [1.82, 2.24) is 5.32 Å². The van der Waals surface area contributed by atoms with E-state index in [1.165, 1.54) is 0 Å². The van der Waals surface area contributed by atoms with Gasteiger partial charge in [-0.15, -0.1) is 0 Å². The summed E-state index contributed by atoms with van der Waals surface area (Å²) >= 11 is 0. The molecule has 0 aromatic heterocycles. The minimum absolute atomic E-state index is 0.110. The largest absolute Gasteiger partial charge is 0.491 e. The van der Waals surface area contributed by atoms with Gasteiger partial charge in [-0.2, -0.15) is 0 Å². The van der Waals surface area contributed by atoms with Crippen LogP contribution in [0.4, 0.5) is 5.69 Å². The summed E-state index contributed by atoms with van der Waals surface area (Å²) in [4.78, 5) is 12.2. The van der Waals surface area contributed by atoms with Gasteiger partial charge in [0, 0.05) is 6.42 Å². The van der Waals surface area contributed by atoms with Crippen molar-refractivity contribution in [1.29, 1.82) is 0 Å². The number of fused-ring (bicyclic) bond motifs is 2. The second-order valence-corrected chi connectivity index (χ2v) is 5.90. The Labute approximate surface area is 119 Å². The quantitative estimate of drug-likeness (QED) is 0.763. The molecule has 0 bridgehead atoms. The van der Waals surface area contributed by atoms with Crippen molar-refractivity contribution < 1.29 is 9.53 Å². The van der Waals surface area contributed by atoms with Gasteiger partial charge in [-0.25, -0.2) is 0 Å². The molecule has 108 valence electrons. The van der Waals surface area contributed by atoms with Gasteiger partial charge < -0.3 is 15.4 Å². The van der Waals surface area contributed by atoms with Crippen molar-refractivity contribution in [2.45, 2.75) is 26.2 Å². The Hall–Kier alpha value is -1.55. The van der Waals surface area contributed by atoms with Gasteiger partial charge in [0.1, 0.15) is 5.75 Å². The molecule has 1 fully saturated rings. The molecule has 2 aliphatic rings. The van der Waals surface area contributed by atoms with Gasteiger partial charge in [0.25, 0.3) is 0 Å². The average molecular weight is 274 g/mol. The number of nitrogens with one attached hydrogen (secondary N) is 2. The van der Waals surface area contributed by atoms with E-state index in [2.05, 4.69) is 10.6 Å². The number of amides is 1. The third-order valence-corrected chi connectivity index (χ3v) is 4.37. The van der Waals surface area contributed by atoms with Gasteiger partial charge in [0.15, 0.2) is 0 Å². The second-order valence-electron chi connectivity index (χ2n) is 5.90. The Morgan fingerprint density at radius 2 is 2.15 bits per heavy atom. The number of aryl methyl sites for hydroxylation is 1. The van der Waals surface area contributed by atoms with Gasteiger partial charge in [-0.3, -0.25) is 4.79 Å². The number of hydrogen-bond acceptors (Lipinski definition) is 3. The Kier molecular flexibility index (Phi) is 3.92. The van der Waals surface area contributed by atoms with E-state index in [9.17, 15) is 4.79 Å². The number of benzene rings is 1. The lowest BCUT2D eigenvalue weighted by molar-refractivity contribution is -0.117. The maximum Gasteiger partial charge on any atom is 0.224 e. The van der Waals surface area contributed by atoms with E-state index in [-0.39, 0.29) is 5.91 Å². The Morgan fingerprint density at radius 1 is 1.25 bits per heavy atom. The number of hydrogen-bond donors (Lipinski definition) is 2. The minimum atomic E-state index is 0.110. The van der Waals surface area contributed by atoms with Crippen LogP contribution in [-0.2, 0) is 4.79 Å². The molecule has 1 amide bonds. The predicted octanol–water partition coefficient (Wildman–Crippen LogP) is 2.33. The fraction of sp³-hybridized carbons (Fsp3) is 0.562. The Balaban J connectivity index is 1.82. The van der Waals surface area contributed by atoms with Crippen molar-refractivity contribution in [3.05, 3.63) is 23.8 Å². The number of rotatable bonds is 0. The lowest BCUT2D eigenvalue weighted by Crippen LogP contribution is -2.39. The summed E-state index contributed by atoms with van der Waals surface area (Å²) in [6.45, 7) is 4.76. The summed E-state index contributed by atoms with van der Waals surface area (Å²) in [6.07, 6.45) is 2.72. The molecule has 2 heterocycles. The van der Waals surface area contributed by atoms with Crippen molar-refractivity contribution in [3.8, 4) is 5.75 Å². The van der Waals surface area contributed by atoms with Crippen LogP contribution in [0.5, 0.6) is 5.75 Å².